The molecule has 0 saturated carbocycles. The summed E-state index contributed by atoms with van der Waals surface area (Å²) in [5, 5.41) is 10.6. The fraction of sp³-hybridized carbons (Fsp3) is 0.945. The molecule has 0 amide bonds. The van der Waals surface area contributed by atoms with Crippen LogP contribution in [-0.4, -0.2) is 96.7 Å². The molecule has 92 heavy (non-hydrogen) atoms. The maximum Gasteiger partial charge on any atom is 0.472 e. The van der Waals surface area contributed by atoms with Gasteiger partial charge in [-0.1, -0.05) is 324 Å². The van der Waals surface area contributed by atoms with Crippen LogP contribution in [0.5, 0.6) is 0 Å². The lowest BCUT2D eigenvalue weighted by Crippen LogP contribution is -2.30. The molecule has 19 heteroatoms. The number of rotatable bonds is 72. The Bertz CT molecular complexity index is 1790. The number of aliphatic hydroxyl groups is 1. The Balaban J connectivity index is 5.14. The lowest BCUT2D eigenvalue weighted by atomic mass is 10.0. The van der Waals surface area contributed by atoms with E-state index < -0.39 is 97.5 Å². The van der Waals surface area contributed by atoms with Crippen LogP contribution in [-0.2, 0) is 65.4 Å². The van der Waals surface area contributed by atoms with Crippen molar-refractivity contribution in [1.82, 2.24) is 0 Å². The van der Waals surface area contributed by atoms with E-state index in [4.69, 9.17) is 37.0 Å². The third-order valence-electron chi connectivity index (χ3n) is 17.0. The smallest absolute Gasteiger partial charge is 0.462 e. The zero-order valence-corrected chi connectivity index (χ0v) is 61.6. The van der Waals surface area contributed by atoms with E-state index in [1.165, 1.54) is 186 Å². The van der Waals surface area contributed by atoms with Crippen molar-refractivity contribution in [2.24, 2.45) is 11.8 Å². The third-order valence-corrected chi connectivity index (χ3v) is 18.9. The Hall–Kier alpha value is -1.94. The number of phosphoric acid groups is 2. The molecular weight excluding hydrogens is 1210 g/mol. The molecule has 0 aliphatic carbocycles. The van der Waals surface area contributed by atoms with E-state index in [0.717, 1.165) is 108 Å². The predicted molar refractivity (Wildman–Crippen MR) is 372 cm³/mol. The van der Waals surface area contributed by atoms with Crippen molar-refractivity contribution in [2.45, 2.75) is 394 Å². The summed E-state index contributed by atoms with van der Waals surface area (Å²) in [7, 11) is -9.90. The Labute approximate surface area is 562 Å². The van der Waals surface area contributed by atoms with E-state index in [-0.39, 0.29) is 25.7 Å². The molecule has 0 rings (SSSR count). The summed E-state index contributed by atoms with van der Waals surface area (Å²) in [4.78, 5) is 72.4. The van der Waals surface area contributed by atoms with Crippen molar-refractivity contribution in [3.63, 3.8) is 0 Å². The molecule has 0 aliphatic rings. The summed E-state index contributed by atoms with van der Waals surface area (Å²) in [6.07, 6.45) is 51.7. The quantitative estimate of drug-likeness (QED) is 0.0222. The van der Waals surface area contributed by atoms with Crippen LogP contribution in [0.3, 0.4) is 0 Å². The monoisotopic (exact) mass is 1350 g/mol. The normalized spacial score (nSPS) is 14.1. The van der Waals surface area contributed by atoms with Crippen LogP contribution in [0.15, 0.2) is 0 Å². The SMILES string of the molecule is CCCCCCCCCCCCCCCCCC(=O)OC[C@H](COP(=O)(O)OC[C@@H](O)COP(=O)(O)OC[C@@H](COC(=O)CCCCCCC)OC(=O)CCCCCCCCCCCCC(C)C)OC(=O)CCCCCCCCCCCCCCCCCCC(C)C. The fourth-order valence-corrected chi connectivity index (χ4v) is 12.7. The van der Waals surface area contributed by atoms with Crippen LogP contribution in [0.25, 0.3) is 0 Å². The zero-order chi connectivity index (χ0) is 67.9. The predicted octanol–water partition coefficient (Wildman–Crippen LogP) is 21.2. The standard InChI is InChI=1S/C73H142O17P2/c1-7-9-11-13-14-15-16-17-20-24-27-33-38-44-50-56-71(76)84-62-69(90-73(78)57-51-45-39-34-28-25-22-19-18-21-23-26-31-36-42-47-53-65(3)4)64-88-92(81,82)86-60-67(74)59-85-91(79,80)87-63-68(61-83-70(75)55-49-41-12-10-8-2)89-72(77)58-52-46-40-35-30-29-32-37-43-48-54-66(5)6/h65-69,74H,7-64H2,1-6H3,(H,79,80)(H,81,82)/t67-,68+,69+/m0/s1. The summed E-state index contributed by atoms with van der Waals surface area (Å²) in [5.41, 5.74) is 0. The average molecular weight is 1350 g/mol. The molecule has 0 radical (unpaired) electrons. The van der Waals surface area contributed by atoms with Crippen molar-refractivity contribution >= 4 is 39.5 Å². The first-order valence-electron chi connectivity index (χ1n) is 38.0. The van der Waals surface area contributed by atoms with Crippen LogP contribution in [0.1, 0.15) is 375 Å². The molecule has 0 heterocycles. The minimum atomic E-state index is -4.95. The summed E-state index contributed by atoms with van der Waals surface area (Å²) < 4.78 is 68.2. The van der Waals surface area contributed by atoms with Gasteiger partial charge in [0.25, 0.3) is 0 Å². The topological polar surface area (TPSA) is 237 Å². The van der Waals surface area contributed by atoms with Crippen LogP contribution in [0.2, 0.25) is 0 Å². The molecule has 0 aromatic carbocycles. The second kappa shape index (κ2) is 65.0. The van der Waals surface area contributed by atoms with Crippen molar-refractivity contribution in [2.75, 3.05) is 39.6 Å². The molecule has 0 fully saturated rings. The number of carbonyl (C=O) groups excluding carboxylic acids is 4. The van der Waals surface area contributed by atoms with Gasteiger partial charge in [0.1, 0.15) is 19.3 Å². The van der Waals surface area contributed by atoms with Gasteiger partial charge in [-0.3, -0.25) is 37.3 Å². The Morgan fingerprint density at radius 2 is 0.500 bits per heavy atom. The summed E-state index contributed by atoms with van der Waals surface area (Å²) in [6.45, 7) is 9.51. The zero-order valence-electron chi connectivity index (χ0n) is 59.9. The van der Waals surface area contributed by atoms with E-state index in [2.05, 4.69) is 41.5 Å². The minimum Gasteiger partial charge on any atom is -0.462 e. The van der Waals surface area contributed by atoms with Crippen molar-refractivity contribution in [3.8, 4) is 0 Å². The minimum absolute atomic E-state index is 0.105. The number of hydrogen-bond donors (Lipinski definition) is 3. The van der Waals surface area contributed by atoms with Gasteiger partial charge in [-0.15, -0.1) is 0 Å². The van der Waals surface area contributed by atoms with Crippen LogP contribution in [0, 0.1) is 11.8 Å². The molecule has 0 spiro atoms. The van der Waals surface area contributed by atoms with Crippen molar-refractivity contribution in [1.29, 1.82) is 0 Å². The highest BCUT2D eigenvalue weighted by atomic mass is 31.2. The first-order valence-corrected chi connectivity index (χ1v) is 41.0. The molecule has 0 aliphatic heterocycles. The van der Waals surface area contributed by atoms with E-state index >= 15 is 0 Å². The molecule has 0 saturated heterocycles. The second-order valence-electron chi connectivity index (χ2n) is 27.3. The Kier molecular flexibility index (Phi) is 63.7. The molecular formula is C73H142O17P2. The van der Waals surface area contributed by atoms with Crippen LogP contribution in [0.4, 0.5) is 0 Å². The molecule has 2 unspecified atom stereocenters. The fourth-order valence-electron chi connectivity index (χ4n) is 11.1. The second-order valence-corrected chi connectivity index (χ2v) is 30.2. The van der Waals surface area contributed by atoms with E-state index in [1.807, 2.05) is 0 Å². The largest absolute Gasteiger partial charge is 0.472 e. The van der Waals surface area contributed by atoms with Gasteiger partial charge in [0.05, 0.1) is 26.4 Å². The number of esters is 4. The average Bonchev–Trinajstić information content (AvgIpc) is 2.23. The van der Waals surface area contributed by atoms with Gasteiger partial charge in [0.2, 0.25) is 0 Å². The number of carbonyl (C=O) groups is 4. The lowest BCUT2D eigenvalue weighted by molar-refractivity contribution is -0.161. The molecule has 0 bridgehead atoms. The number of aliphatic hydroxyl groups excluding tert-OH is 1. The maximum absolute atomic E-state index is 13.0. The van der Waals surface area contributed by atoms with Gasteiger partial charge in [-0.05, 0) is 37.5 Å². The van der Waals surface area contributed by atoms with Gasteiger partial charge >= 0.3 is 39.5 Å². The molecule has 17 nitrogen and oxygen atoms in total. The molecule has 546 valence electrons. The molecule has 0 aromatic rings. The van der Waals surface area contributed by atoms with E-state index in [1.54, 1.807) is 0 Å². The lowest BCUT2D eigenvalue weighted by Gasteiger charge is -2.21. The number of hydrogen-bond acceptors (Lipinski definition) is 15. The third kappa shape index (κ3) is 66.7. The van der Waals surface area contributed by atoms with Crippen LogP contribution < -0.4 is 0 Å². The highest BCUT2D eigenvalue weighted by Crippen LogP contribution is 2.45. The summed E-state index contributed by atoms with van der Waals surface area (Å²) in [5.74, 6) is -0.569. The van der Waals surface area contributed by atoms with Gasteiger partial charge in [0, 0.05) is 25.7 Å². The van der Waals surface area contributed by atoms with E-state index in [0.29, 0.717) is 25.7 Å². The van der Waals surface area contributed by atoms with Crippen molar-refractivity contribution < 1.29 is 80.2 Å². The van der Waals surface area contributed by atoms with Crippen LogP contribution >= 0.6 is 15.6 Å². The highest BCUT2D eigenvalue weighted by molar-refractivity contribution is 7.47. The summed E-state index contributed by atoms with van der Waals surface area (Å²) >= 11 is 0. The van der Waals surface area contributed by atoms with Gasteiger partial charge < -0.3 is 33.8 Å². The molecule has 5 atom stereocenters. The molecule has 3 N–H and O–H groups in total. The number of ether oxygens (including phenoxy) is 4. The van der Waals surface area contributed by atoms with Gasteiger partial charge in [-0.25, -0.2) is 9.13 Å². The first-order chi connectivity index (χ1) is 44.4. The number of unbranched alkanes of at least 4 members (excludes halogenated alkanes) is 42. The highest BCUT2D eigenvalue weighted by Gasteiger charge is 2.30. The number of phosphoric ester groups is 2. The van der Waals surface area contributed by atoms with E-state index in [9.17, 15) is 43.2 Å². The first kappa shape index (κ1) is 90.1. The van der Waals surface area contributed by atoms with Gasteiger partial charge in [0.15, 0.2) is 12.2 Å². The van der Waals surface area contributed by atoms with Crippen molar-refractivity contribution in [3.05, 3.63) is 0 Å². The summed E-state index contributed by atoms with van der Waals surface area (Å²) in [6, 6.07) is 0. The Morgan fingerprint density at radius 3 is 0.739 bits per heavy atom. The maximum atomic E-state index is 13.0. The van der Waals surface area contributed by atoms with Gasteiger partial charge in [-0.2, -0.15) is 0 Å². The Morgan fingerprint density at radius 1 is 0.293 bits per heavy atom. The molecule has 0 aromatic heterocycles.